The molecule has 0 saturated carbocycles. The van der Waals surface area contributed by atoms with Crippen LogP contribution in [0.3, 0.4) is 0 Å². The Morgan fingerprint density at radius 3 is 3.00 bits per heavy atom. The van der Waals surface area contributed by atoms with E-state index in [1.807, 2.05) is 25.1 Å². The van der Waals surface area contributed by atoms with Crippen molar-refractivity contribution in [1.82, 2.24) is 19.4 Å². The van der Waals surface area contributed by atoms with Crippen molar-refractivity contribution in [3.63, 3.8) is 0 Å². The summed E-state index contributed by atoms with van der Waals surface area (Å²) in [6.07, 6.45) is 3.94. The van der Waals surface area contributed by atoms with Crippen LogP contribution in [0, 0.1) is 0 Å². The zero-order chi connectivity index (χ0) is 15.5. The van der Waals surface area contributed by atoms with Crippen molar-refractivity contribution in [1.29, 1.82) is 0 Å². The van der Waals surface area contributed by atoms with Crippen LogP contribution in [-0.4, -0.2) is 25.3 Å². The zero-order valence-electron chi connectivity index (χ0n) is 11.7. The van der Waals surface area contributed by atoms with Crippen LogP contribution in [0.15, 0.2) is 36.7 Å². The summed E-state index contributed by atoms with van der Waals surface area (Å²) < 4.78 is 5.43. The Hall–Kier alpha value is -2.25. The van der Waals surface area contributed by atoms with Gasteiger partial charge in [0.15, 0.2) is 0 Å². The molecule has 2 aromatic heterocycles. The van der Waals surface area contributed by atoms with Crippen molar-refractivity contribution >= 4 is 34.7 Å². The number of rotatable bonds is 4. The van der Waals surface area contributed by atoms with E-state index in [9.17, 15) is 4.79 Å². The van der Waals surface area contributed by atoms with Gasteiger partial charge in [-0.1, -0.05) is 35.1 Å². The second-order valence-electron chi connectivity index (χ2n) is 4.48. The van der Waals surface area contributed by atoms with Gasteiger partial charge in [0.2, 0.25) is 0 Å². The van der Waals surface area contributed by atoms with Crippen LogP contribution in [0.5, 0.6) is 0 Å². The van der Waals surface area contributed by atoms with Gasteiger partial charge in [0.1, 0.15) is 4.88 Å². The van der Waals surface area contributed by atoms with Gasteiger partial charge in [0, 0.05) is 0 Å². The molecule has 22 heavy (non-hydrogen) atoms. The third kappa shape index (κ3) is 2.86. The van der Waals surface area contributed by atoms with Crippen molar-refractivity contribution in [2.24, 2.45) is 0 Å². The summed E-state index contributed by atoms with van der Waals surface area (Å²) in [7, 11) is 0. The number of anilines is 1. The lowest BCUT2D eigenvalue weighted by atomic mass is 10.3. The molecule has 0 bridgehead atoms. The number of halogens is 1. The SMILES string of the molecule is CCc1nnsc1C(=O)Nc1cnn(-c2ccccc2Cl)c1. The van der Waals surface area contributed by atoms with E-state index in [-0.39, 0.29) is 5.91 Å². The molecule has 1 aromatic carbocycles. The quantitative estimate of drug-likeness (QED) is 0.795. The third-order valence-corrected chi connectivity index (χ3v) is 4.12. The maximum atomic E-state index is 12.2. The molecule has 0 aliphatic carbocycles. The molecule has 8 heteroatoms. The summed E-state index contributed by atoms with van der Waals surface area (Å²) >= 11 is 7.22. The number of nitrogens with zero attached hydrogens (tertiary/aromatic N) is 4. The molecule has 0 unspecified atom stereocenters. The zero-order valence-corrected chi connectivity index (χ0v) is 13.2. The number of hydrogen-bond donors (Lipinski definition) is 1. The maximum Gasteiger partial charge on any atom is 0.269 e. The molecule has 0 saturated heterocycles. The minimum Gasteiger partial charge on any atom is -0.318 e. The topological polar surface area (TPSA) is 72.7 Å². The molecule has 0 spiro atoms. The lowest BCUT2D eigenvalue weighted by molar-refractivity contribution is 0.102. The Morgan fingerprint density at radius 2 is 2.23 bits per heavy atom. The minimum atomic E-state index is -0.231. The van der Waals surface area contributed by atoms with E-state index in [0.29, 0.717) is 27.7 Å². The highest BCUT2D eigenvalue weighted by Crippen LogP contribution is 2.21. The van der Waals surface area contributed by atoms with Gasteiger partial charge in [-0.25, -0.2) is 4.68 Å². The largest absolute Gasteiger partial charge is 0.318 e. The number of carbonyl (C=O) groups excluding carboxylic acids is 1. The molecule has 2 heterocycles. The summed E-state index contributed by atoms with van der Waals surface area (Å²) in [6.45, 7) is 1.93. The molecule has 1 N–H and O–H groups in total. The third-order valence-electron chi connectivity index (χ3n) is 3.04. The molecule has 0 aliphatic rings. The fourth-order valence-corrected chi connectivity index (χ4v) is 2.82. The number of para-hydroxylation sites is 1. The molecular formula is C14H12ClN5OS. The van der Waals surface area contributed by atoms with Crippen molar-refractivity contribution in [2.45, 2.75) is 13.3 Å². The lowest BCUT2D eigenvalue weighted by Crippen LogP contribution is -2.11. The highest BCUT2D eigenvalue weighted by Gasteiger charge is 2.16. The Morgan fingerprint density at radius 1 is 1.41 bits per heavy atom. The van der Waals surface area contributed by atoms with Crippen LogP contribution >= 0.6 is 23.1 Å². The van der Waals surface area contributed by atoms with Gasteiger partial charge >= 0.3 is 0 Å². The molecule has 0 atom stereocenters. The van der Waals surface area contributed by atoms with E-state index in [1.165, 1.54) is 0 Å². The van der Waals surface area contributed by atoms with Gasteiger partial charge in [-0.15, -0.1) is 5.10 Å². The molecule has 6 nitrogen and oxygen atoms in total. The summed E-state index contributed by atoms with van der Waals surface area (Å²) in [4.78, 5) is 12.7. The van der Waals surface area contributed by atoms with E-state index < -0.39 is 0 Å². The predicted octanol–water partition coefficient (Wildman–Crippen LogP) is 3.19. The fraction of sp³-hybridized carbons (Fsp3) is 0.143. The van der Waals surface area contributed by atoms with Crippen molar-refractivity contribution < 1.29 is 4.79 Å². The summed E-state index contributed by atoms with van der Waals surface area (Å²) in [5.41, 5.74) is 2.03. The fourth-order valence-electron chi connectivity index (χ4n) is 1.96. The number of carbonyl (C=O) groups is 1. The van der Waals surface area contributed by atoms with E-state index in [4.69, 9.17) is 11.6 Å². The first-order chi connectivity index (χ1) is 10.7. The molecule has 112 valence electrons. The summed E-state index contributed by atoms with van der Waals surface area (Å²) in [6, 6.07) is 7.36. The van der Waals surface area contributed by atoms with Crippen molar-refractivity contribution in [3.05, 3.63) is 52.3 Å². The molecule has 0 fully saturated rings. The van der Waals surface area contributed by atoms with Crippen molar-refractivity contribution in [3.8, 4) is 5.69 Å². The molecular weight excluding hydrogens is 322 g/mol. The number of benzene rings is 1. The van der Waals surface area contributed by atoms with Crippen LogP contribution in [0.2, 0.25) is 5.02 Å². The van der Waals surface area contributed by atoms with Crippen LogP contribution in [0.25, 0.3) is 5.69 Å². The number of aromatic nitrogens is 4. The number of hydrogen-bond acceptors (Lipinski definition) is 5. The molecule has 0 aliphatic heterocycles. The van der Waals surface area contributed by atoms with Crippen LogP contribution in [-0.2, 0) is 6.42 Å². The molecule has 3 rings (SSSR count). The standard InChI is InChI=1S/C14H12ClN5OS/c1-2-11-13(22-19-18-11)14(21)17-9-7-16-20(8-9)12-6-4-3-5-10(12)15/h3-8H,2H2,1H3,(H,17,21). The average molecular weight is 334 g/mol. The average Bonchev–Trinajstić information content (AvgIpc) is 3.16. The van der Waals surface area contributed by atoms with Gasteiger partial charge in [-0.2, -0.15) is 5.10 Å². The number of aryl methyl sites for hydroxylation is 1. The Labute approximate surface area is 135 Å². The molecule has 0 radical (unpaired) electrons. The smallest absolute Gasteiger partial charge is 0.269 e. The Kier molecular flexibility index (Phi) is 4.17. The second-order valence-corrected chi connectivity index (χ2v) is 5.64. The Balaban J connectivity index is 1.80. The Bertz CT molecular complexity index is 813. The van der Waals surface area contributed by atoms with E-state index in [2.05, 4.69) is 20.0 Å². The van der Waals surface area contributed by atoms with E-state index in [1.54, 1.807) is 23.1 Å². The van der Waals surface area contributed by atoms with Gasteiger partial charge in [0.05, 0.1) is 34.5 Å². The first kappa shape index (κ1) is 14.7. The van der Waals surface area contributed by atoms with Crippen LogP contribution < -0.4 is 5.32 Å². The second kappa shape index (κ2) is 6.25. The van der Waals surface area contributed by atoms with Gasteiger partial charge < -0.3 is 5.32 Å². The maximum absolute atomic E-state index is 12.2. The number of nitrogens with one attached hydrogen (secondary N) is 1. The monoisotopic (exact) mass is 333 g/mol. The minimum absolute atomic E-state index is 0.231. The predicted molar refractivity (Wildman–Crippen MR) is 85.8 cm³/mol. The van der Waals surface area contributed by atoms with E-state index >= 15 is 0 Å². The summed E-state index contributed by atoms with van der Waals surface area (Å²) in [5, 5.41) is 11.5. The highest BCUT2D eigenvalue weighted by molar-refractivity contribution is 7.08. The first-order valence-electron chi connectivity index (χ1n) is 6.61. The molecule has 1 amide bonds. The van der Waals surface area contributed by atoms with Gasteiger partial charge in [-0.05, 0) is 30.1 Å². The highest BCUT2D eigenvalue weighted by atomic mass is 35.5. The van der Waals surface area contributed by atoms with Gasteiger partial charge in [0.25, 0.3) is 5.91 Å². The summed E-state index contributed by atoms with van der Waals surface area (Å²) in [5.74, 6) is -0.231. The first-order valence-corrected chi connectivity index (χ1v) is 7.76. The molecule has 3 aromatic rings. The lowest BCUT2D eigenvalue weighted by Gasteiger charge is -2.03. The van der Waals surface area contributed by atoms with Crippen LogP contribution in [0.4, 0.5) is 5.69 Å². The number of amides is 1. The van der Waals surface area contributed by atoms with E-state index in [0.717, 1.165) is 17.2 Å². The van der Waals surface area contributed by atoms with Crippen LogP contribution in [0.1, 0.15) is 22.3 Å². The van der Waals surface area contributed by atoms with Gasteiger partial charge in [-0.3, -0.25) is 4.79 Å². The van der Waals surface area contributed by atoms with Crippen molar-refractivity contribution in [2.75, 3.05) is 5.32 Å². The normalized spacial score (nSPS) is 10.6.